The minimum atomic E-state index is -0.973. The van der Waals surface area contributed by atoms with Gasteiger partial charge in [0.25, 0.3) is 0 Å². The van der Waals surface area contributed by atoms with E-state index in [1.165, 1.54) is 6.08 Å². The van der Waals surface area contributed by atoms with Crippen LogP contribution in [0.25, 0.3) is 33.3 Å². The number of likely N-dealkylation sites (tertiary alicyclic amines) is 1. The number of nitrogens with zero attached hydrogens (tertiary/aromatic N) is 4. The Morgan fingerprint density at radius 2 is 1.89 bits per heavy atom. The summed E-state index contributed by atoms with van der Waals surface area (Å²) in [6, 6.07) is 8.97. The van der Waals surface area contributed by atoms with Crippen LogP contribution < -0.4 is 0 Å². The van der Waals surface area contributed by atoms with Crippen molar-refractivity contribution < 1.29 is 14.7 Å². The summed E-state index contributed by atoms with van der Waals surface area (Å²) in [6.45, 7) is 9.12. The standard InChI is InChI=1S/C28H26ClN5O3/c1-4-22(35)33-13-28(14-33)10-19(11-28)34-16(3)23(24-20-12-30-31-21(20)9-15(2)25(24)29)26(32-34)17-5-7-18(8-6-17)27(36)37/h4-9,12,19H,1,10-11,13-14H2,2-3H3,(H,30,31)(H,36,37). The first-order valence-electron chi connectivity index (χ1n) is 12.2. The molecular weight excluding hydrogens is 490 g/mol. The maximum absolute atomic E-state index is 11.9. The van der Waals surface area contributed by atoms with Crippen LogP contribution in [0.1, 0.15) is 40.5 Å². The van der Waals surface area contributed by atoms with E-state index in [0.29, 0.717) is 5.02 Å². The Hall–Kier alpha value is -3.91. The van der Waals surface area contributed by atoms with Crippen LogP contribution >= 0.6 is 11.6 Å². The number of carbonyl (C=O) groups excluding carboxylic acids is 1. The van der Waals surface area contributed by atoms with Gasteiger partial charge in [-0.2, -0.15) is 10.2 Å². The molecule has 0 bridgehead atoms. The zero-order chi connectivity index (χ0) is 26.1. The Morgan fingerprint density at radius 3 is 2.54 bits per heavy atom. The van der Waals surface area contributed by atoms with Crippen LogP contribution in [-0.4, -0.2) is 55.0 Å². The third-order valence-electron chi connectivity index (χ3n) is 7.89. The molecule has 2 aromatic heterocycles. The lowest BCUT2D eigenvalue weighted by Crippen LogP contribution is -2.63. The summed E-state index contributed by atoms with van der Waals surface area (Å²) in [5.41, 5.74) is 6.52. The van der Waals surface area contributed by atoms with E-state index in [0.717, 1.165) is 70.5 Å². The van der Waals surface area contributed by atoms with Crippen molar-refractivity contribution in [2.45, 2.75) is 32.7 Å². The fraction of sp³-hybridized carbons (Fsp3) is 0.286. The molecule has 1 saturated carbocycles. The summed E-state index contributed by atoms with van der Waals surface area (Å²) in [5, 5.41) is 23.3. The molecule has 4 aromatic rings. The van der Waals surface area contributed by atoms with Crippen LogP contribution in [0.2, 0.25) is 5.02 Å². The molecule has 0 radical (unpaired) electrons. The number of benzene rings is 2. The first-order chi connectivity index (χ1) is 17.7. The number of aryl methyl sites for hydroxylation is 1. The molecular formula is C28H26ClN5O3. The van der Waals surface area contributed by atoms with Crippen molar-refractivity contribution in [3.05, 3.63) is 71.0 Å². The average Bonchev–Trinajstić information content (AvgIpc) is 3.42. The molecule has 1 aliphatic carbocycles. The molecule has 0 atom stereocenters. The van der Waals surface area contributed by atoms with Gasteiger partial charge in [-0.1, -0.05) is 30.3 Å². The van der Waals surface area contributed by atoms with E-state index in [4.69, 9.17) is 16.7 Å². The molecule has 1 spiro atoms. The minimum absolute atomic E-state index is 0.0167. The second-order valence-electron chi connectivity index (χ2n) is 10.3. The number of aromatic carboxylic acids is 1. The number of H-pyrrole nitrogens is 1. The van der Waals surface area contributed by atoms with Crippen LogP contribution in [0, 0.1) is 19.3 Å². The van der Waals surface area contributed by atoms with Crippen molar-refractivity contribution in [3.63, 3.8) is 0 Å². The number of hydrogen-bond donors (Lipinski definition) is 2. The summed E-state index contributed by atoms with van der Waals surface area (Å²) in [5.74, 6) is -0.989. The highest BCUT2D eigenvalue weighted by Crippen LogP contribution is 2.55. The molecule has 2 aliphatic rings. The number of nitrogens with one attached hydrogen (secondary N) is 1. The Labute approximate surface area is 218 Å². The summed E-state index contributed by atoms with van der Waals surface area (Å²) in [6.07, 6.45) is 5.03. The highest BCUT2D eigenvalue weighted by molar-refractivity contribution is 6.36. The lowest BCUT2D eigenvalue weighted by Gasteiger charge is -2.58. The van der Waals surface area contributed by atoms with E-state index in [1.54, 1.807) is 30.5 Å². The van der Waals surface area contributed by atoms with Gasteiger partial charge in [0.05, 0.1) is 28.3 Å². The second kappa shape index (κ2) is 8.31. The Bertz CT molecular complexity index is 1590. The van der Waals surface area contributed by atoms with Gasteiger partial charge in [0.15, 0.2) is 0 Å². The zero-order valence-electron chi connectivity index (χ0n) is 20.6. The van der Waals surface area contributed by atoms with Gasteiger partial charge in [0.2, 0.25) is 5.91 Å². The molecule has 37 heavy (non-hydrogen) atoms. The molecule has 3 heterocycles. The number of halogens is 1. The van der Waals surface area contributed by atoms with Crippen LogP contribution in [0.3, 0.4) is 0 Å². The number of fused-ring (bicyclic) bond motifs is 1. The number of hydrogen-bond acceptors (Lipinski definition) is 4. The minimum Gasteiger partial charge on any atom is -0.478 e. The van der Waals surface area contributed by atoms with E-state index in [9.17, 15) is 14.7 Å². The number of carboxylic acids is 1. The van der Waals surface area contributed by atoms with Crippen molar-refractivity contribution >= 4 is 34.4 Å². The topological polar surface area (TPSA) is 104 Å². The summed E-state index contributed by atoms with van der Waals surface area (Å²) < 4.78 is 2.09. The molecule has 9 heteroatoms. The highest BCUT2D eigenvalue weighted by Gasteiger charge is 2.54. The van der Waals surface area contributed by atoms with Crippen molar-refractivity contribution in [2.75, 3.05) is 13.1 Å². The summed E-state index contributed by atoms with van der Waals surface area (Å²) in [4.78, 5) is 25.2. The van der Waals surface area contributed by atoms with Gasteiger partial charge < -0.3 is 10.0 Å². The molecule has 2 N–H and O–H groups in total. The molecule has 0 unspecified atom stereocenters. The molecule has 6 rings (SSSR count). The third-order valence-corrected chi connectivity index (χ3v) is 8.38. The van der Waals surface area contributed by atoms with Crippen LogP contribution in [-0.2, 0) is 4.79 Å². The van der Waals surface area contributed by atoms with Gasteiger partial charge in [-0.15, -0.1) is 0 Å². The number of aromatic amines is 1. The zero-order valence-corrected chi connectivity index (χ0v) is 21.3. The molecule has 2 aromatic carbocycles. The van der Waals surface area contributed by atoms with E-state index in [-0.39, 0.29) is 22.9 Å². The Morgan fingerprint density at radius 1 is 1.19 bits per heavy atom. The predicted octanol–water partition coefficient (Wildman–Crippen LogP) is 5.41. The fourth-order valence-electron chi connectivity index (χ4n) is 6.01. The van der Waals surface area contributed by atoms with Gasteiger partial charge in [-0.3, -0.25) is 14.6 Å². The SMILES string of the molecule is C=CC(=O)N1CC2(CC(n3nc(-c4ccc(C(=O)O)cc4)c(-c4c(Cl)c(C)cc5[nH]ncc45)c3C)C2)C1. The highest BCUT2D eigenvalue weighted by atomic mass is 35.5. The van der Waals surface area contributed by atoms with Crippen LogP contribution in [0.15, 0.2) is 49.2 Å². The van der Waals surface area contributed by atoms with Gasteiger partial charge >= 0.3 is 5.97 Å². The molecule has 2 fully saturated rings. The lowest BCUT2D eigenvalue weighted by atomic mass is 9.60. The molecule has 1 amide bonds. The molecule has 188 valence electrons. The second-order valence-corrected chi connectivity index (χ2v) is 10.7. The molecule has 8 nitrogen and oxygen atoms in total. The van der Waals surface area contributed by atoms with Crippen molar-refractivity contribution in [2.24, 2.45) is 5.41 Å². The number of carbonyl (C=O) groups is 2. The lowest BCUT2D eigenvalue weighted by molar-refractivity contribution is -0.149. The molecule has 1 aliphatic heterocycles. The summed E-state index contributed by atoms with van der Waals surface area (Å²) >= 11 is 6.93. The van der Waals surface area contributed by atoms with E-state index < -0.39 is 5.97 Å². The first kappa shape index (κ1) is 23.5. The van der Waals surface area contributed by atoms with Gasteiger partial charge in [-0.25, -0.2) is 4.79 Å². The summed E-state index contributed by atoms with van der Waals surface area (Å²) in [7, 11) is 0. The quantitative estimate of drug-likeness (QED) is 0.346. The van der Waals surface area contributed by atoms with Crippen LogP contribution in [0.5, 0.6) is 0 Å². The smallest absolute Gasteiger partial charge is 0.335 e. The number of amides is 1. The maximum Gasteiger partial charge on any atom is 0.335 e. The number of rotatable bonds is 5. The average molecular weight is 516 g/mol. The van der Waals surface area contributed by atoms with Crippen molar-refractivity contribution in [1.82, 2.24) is 24.9 Å². The predicted molar refractivity (Wildman–Crippen MR) is 142 cm³/mol. The number of aromatic nitrogens is 4. The third kappa shape index (κ3) is 3.58. The largest absolute Gasteiger partial charge is 0.478 e. The van der Waals surface area contributed by atoms with Crippen LogP contribution in [0.4, 0.5) is 0 Å². The normalized spacial score (nSPS) is 16.6. The van der Waals surface area contributed by atoms with Gasteiger partial charge in [-0.05, 0) is 56.5 Å². The fourth-order valence-corrected chi connectivity index (χ4v) is 6.26. The Balaban J connectivity index is 1.45. The van der Waals surface area contributed by atoms with E-state index >= 15 is 0 Å². The molecule has 1 saturated heterocycles. The Kier molecular flexibility index (Phi) is 5.28. The van der Waals surface area contributed by atoms with Gasteiger partial charge in [0.1, 0.15) is 5.69 Å². The van der Waals surface area contributed by atoms with Crippen molar-refractivity contribution in [3.8, 4) is 22.4 Å². The maximum atomic E-state index is 11.9. The van der Waals surface area contributed by atoms with Gasteiger partial charge in [0, 0.05) is 46.3 Å². The van der Waals surface area contributed by atoms with E-state index in [2.05, 4.69) is 28.4 Å². The monoisotopic (exact) mass is 515 g/mol. The van der Waals surface area contributed by atoms with Crippen molar-refractivity contribution in [1.29, 1.82) is 0 Å². The van der Waals surface area contributed by atoms with E-state index in [1.807, 2.05) is 17.9 Å². The first-order valence-corrected chi connectivity index (χ1v) is 12.6. The number of carboxylic acid groups (broad SMARTS) is 1.